The predicted molar refractivity (Wildman–Crippen MR) is 95.1 cm³/mol. The van der Waals surface area contributed by atoms with Crippen molar-refractivity contribution in [3.05, 3.63) is 65.9 Å². The monoisotopic (exact) mass is 321 g/mol. The van der Waals surface area contributed by atoms with Crippen molar-refractivity contribution in [1.82, 2.24) is 4.57 Å². The van der Waals surface area contributed by atoms with Crippen molar-refractivity contribution in [2.24, 2.45) is 5.73 Å². The predicted octanol–water partition coefficient (Wildman–Crippen LogP) is 3.40. The Morgan fingerprint density at radius 1 is 1.04 bits per heavy atom. The molecule has 0 fully saturated rings. The fourth-order valence-electron chi connectivity index (χ4n) is 2.70. The molecule has 0 saturated carbocycles. The number of carbonyl (C=O) groups excluding carboxylic acids is 2. The molecular weight excluding hydrogens is 302 g/mol. The Balaban J connectivity index is 1.78. The van der Waals surface area contributed by atoms with Gasteiger partial charge in [0.1, 0.15) is 0 Å². The highest BCUT2D eigenvalue weighted by Crippen LogP contribution is 2.21. The van der Waals surface area contributed by atoms with Crippen molar-refractivity contribution in [3.63, 3.8) is 0 Å². The highest BCUT2D eigenvalue weighted by molar-refractivity contribution is 6.05. The Morgan fingerprint density at radius 3 is 2.42 bits per heavy atom. The van der Waals surface area contributed by atoms with Crippen molar-refractivity contribution >= 4 is 28.4 Å². The van der Waals surface area contributed by atoms with Gasteiger partial charge >= 0.3 is 0 Å². The number of hydrogen-bond donors (Lipinski definition) is 2. The standard InChI is InChI=1S/C19H19N3O2/c1-2-10-22-11-9-15-12-16(7-8-17(15)22)21-19(24)14-5-3-13(4-6-14)18(20)23/h3-9,11-12H,2,10H2,1H3,(H2,20,23)(H,21,24). The molecule has 1 heterocycles. The molecule has 0 spiro atoms. The van der Waals surface area contributed by atoms with E-state index in [0.717, 1.165) is 29.6 Å². The van der Waals surface area contributed by atoms with Crippen LogP contribution in [0, 0.1) is 0 Å². The number of aryl methyl sites for hydroxylation is 1. The molecule has 3 N–H and O–H groups in total. The first kappa shape index (κ1) is 15.8. The topological polar surface area (TPSA) is 77.1 Å². The molecule has 0 aliphatic carbocycles. The number of rotatable bonds is 5. The number of anilines is 1. The number of nitrogens with one attached hydrogen (secondary N) is 1. The van der Waals surface area contributed by atoms with Crippen LogP contribution in [0.25, 0.3) is 10.9 Å². The third-order valence-electron chi connectivity index (χ3n) is 3.92. The van der Waals surface area contributed by atoms with Crippen molar-refractivity contribution in [2.45, 2.75) is 19.9 Å². The lowest BCUT2D eigenvalue weighted by Gasteiger charge is -2.07. The lowest BCUT2D eigenvalue weighted by atomic mass is 10.1. The van der Waals surface area contributed by atoms with E-state index in [1.165, 1.54) is 0 Å². The summed E-state index contributed by atoms with van der Waals surface area (Å²) in [7, 11) is 0. The molecule has 0 atom stereocenters. The van der Waals surface area contributed by atoms with E-state index in [2.05, 4.69) is 23.0 Å². The molecule has 122 valence electrons. The van der Waals surface area contributed by atoms with Gasteiger partial charge in [-0.25, -0.2) is 0 Å². The van der Waals surface area contributed by atoms with Gasteiger partial charge in [-0.15, -0.1) is 0 Å². The Labute approximate surface area is 140 Å². The van der Waals surface area contributed by atoms with Crippen LogP contribution in [-0.2, 0) is 6.54 Å². The first-order valence-electron chi connectivity index (χ1n) is 7.88. The van der Waals surface area contributed by atoms with Gasteiger partial charge in [0.25, 0.3) is 5.91 Å². The van der Waals surface area contributed by atoms with Crippen LogP contribution in [-0.4, -0.2) is 16.4 Å². The molecule has 3 rings (SSSR count). The molecule has 24 heavy (non-hydrogen) atoms. The summed E-state index contributed by atoms with van der Waals surface area (Å²) < 4.78 is 2.20. The highest BCUT2D eigenvalue weighted by atomic mass is 16.2. The molecule has 3 aromatic rings. The van der Waals surface area contributed by atoms with Crippen LogP contribution in [0.3, 0.4) is 0 Å². The Hall–Kier alpha value is -3.08. The van der Waals surface area contributed by atoms with Crippen molar-refractivity contribution < 1.29 is 9.59 Å². The zero-order chi connectivity index (χ0) is 17.1. The molecule has 2 amide bonds. The second-order valence-corrected chi connectivity index (χ2v) is 5.68. The molecule has 0 saturated heterocycles. The fourth-order valence-corrected chi connectivity index (χ4v) is 2.70. The second kappa shape index (κ2) is 6.58. The molecule has 0 unspecified atom stereocenters. The summed E-state index contributed by atoms with van der Waals surface area (Å²) in [5, 5.41) is 3.96. The van der Waals surface area contributed by atoms with Crippen LogP contribution in [0.5, 0.6) is 0 Å². The van der Waals surface area contributed by atoms with Gasteiger partial charge in [0.15, 0.2) is 0 Å². The average molecular weight is 321 g/mol. The van der Waals surface area contributed by atoms with Crippen LogP contribution in [0.1, 0.15) is 34.1 Å². The zero-order valence-corrected chi connectivity index (χ0v) is 13.5. The van der Waals surface area contributed by atoms with Gasteiger partial charge in [-0.3, -0.25) is 9.59 Å². The fraction of sp³-hybridized carbons (Fsp3) is 0.158. The molecule has 5 heteroatoms. The Morgan fingerprint density at radius 2 is 1.75 bits per heavy atom. The first-order valence-corrected chi connectivity index (χ1v) is 7.88. The SMILES string of the molecule is CCCn1ccc2cc(NC(=O)c3ccc(C(N)=O)cc3)ccc21. The lowest BCUT2D eigenvalue weighted by Crippen LogP contribution is -2.14. The number of amides is 2. The lowest BCUT2D eigenvalue weighted by molar-refractivity contribution is 0.0995. The minimum Gasteiger partial charge on any atom is -0.366 e. The van der Waals surface area contributed by atoms with E-state index in [4.69, 9.17) is 5.73 Å². The van der Waals surface area contributed by atoms with E-state index in [1.807, 2.05) is 24.3 Å². The van der Waals surface area contributed by atoms with Gasteiger partial charge in [-0.05, 0) is 55.0 Å². The average Bonchev–Trinajstić information content (AvgIpc) is 2.97. The number of hydrogen-bond acceptors (Lipinski definition) is 2. The van der Waals surface area contributed by atoms with Crippen molar-refractivity contribution in [2.75, 3.05) is 5.32 Å². The van der Waals surface area contributed by atoms with Crippen molar-refractivity contribution in [3.8, 4) is 0 Å². The number of nitrogens with two attached hydrogens (primary N) is 1. The summed E-state index contributed by atoms with van der Waals surface area (Å²) in [6, 6.07) is 14.2. The van der Waals surface area contributed by atoms with E-state index in [-0.39, 0.29) is 5.91 Å². The summed E-state index contributed by atoms with van der Waals surface area (Å²) in [6.45, 7) is 3.12. The number of aromatic nitrogens is 1. The molecule has 0 aliphatic heterocycles. The number of primary amides is 1. The smallest absolute Gasteiger partial charge is 0.255 e. The van der Waals surface area contributed by atoms with E-state index < -0.39 is 5.91 Å². The van der Waals surface area contributed by atoms with Gasteiger partial charge in [0.2, 0.25) is 5.91 Å². The molecule has 0 radical (unpaired) electrons. The van der Waals surface area contributed by atoms with E-state index in [0.29, 0.717) is 11.1 Å². The number of carbonyl (C=O) groups is 2. The number of nitrogens with zero attached hydrogens (tertiary/aromatic N) is 1. The molecule has 5 nitrogen and oxygen atoms in total. The van der Waals surface area contributed by atoms with E-state index >= 15 is 0 Å². The van der Waals surface area contributed by atoms with Crippen LogP contribution in [0.15, 0.2) is 54.7 Å². The maximum absolute atomic E-state index is 12.3. The Kier molecular flexibility index (Phi) is 4.33. The van der Waals surface area contributed by atoms with Gasteiger partial charge in [-0.1, -0.05) is 6.92 Å². The number of benzene rings is 2. The van der Waals surface area contributed by atoms with Gasteiger partial charge in [-0.2, -0.15) is 0 Å². The second-order valence-electron chi connectivity index (χ2n) is 5.68. The highest BCUT2D eigenvalue weighted by Gasteiger charge is 2.09. The third kappa shape index (κ3) is 3.15. The van der Waals surface area contributed by atoms with E-state index in [1.54, 1.807) is 24.3 Å². The van der Waals surface area contributed by atoms with Crippen LogP contribution in [0.4, 0.5) is 5.69 Å². The minimum atomic E-state index is -0.510. The molecule has 0 aliphatic rings. The van der Waals surface area contributed by atoms with Gasteiger partial charge < -0.3 is 15.6 Å². The van der Waals surface area contributed by atoms with Crippen molar-refractivity contribution in [1.29, 1.82) is 0 Å². The largest absolute Gasteiger partial charge is 0.366 e. The number of fused-ring (bicyclic) bond motifs is 1. The zero-order valence-electron chi connectivity index (χ0n) is 13.5. The molecule has 2 aromatic carbocycles. The molecular formula is C19H19N3O2. The van der Waals surface area contributed by atoms with Gasteiger partial charge in [0, 0.05) is 40.5 Å². The normalized spacial score (nSPS) is 10.7. The summed E-state index contributed by atoms with van der Waals surface area (Å²) in [6.07, 6.45) is 3.13. The third-order valence-corrected chi connectivity index (χ3v) is 3.92. The van der Waals surface area contributed by atoms with Gasteiger partial charge in [0.05, 0.1) is 0 Å². The summed E-state index contributed by atoms with van der Waals surface area (Å²) in [5.74, 6) is -0.734. The molecule has 1 aromatic heterocycles. The summed E-state index contributed by atoms with van der Waals surface area (Å²) in [5.41, 5.74) is 7.94. The van der Waals surface area contributed by atoms with Crippen LogP contribution < -0.4 is 11.1 Å². The van der Waals surface area contributed by atoms with Crippen LogP contribution in [0.2, 0.25) is 0 Å². The van der Waals surface area contributed by atoms with E-state index in [9.17, 15) is 9.59 Å². The summed E-state index contributed by atoms with van der Waals surface area (Å²) in [4.78, 5) is 23.4. The maximum Gasteiger partial charge on any atom is 0.255 e. The first-order chi connectivity index (χ1) is 11.6. The quantitative estimate of drug-likeness (QED) is 0.755. The van der Waals surface area contributed by atoms with Crippen LogP contribution >= 0.6 is 0 Å². The molecule has 0 bridgehead atoms. The Bertz CT molecular complexity index is 895. The minimum absolute atomic E-state index is 0.224. The summed E-state index contributed by atoms with van der Waals surface area (Å²) >= 11 is 0. The maximum atomic E-state index is 12.3.